The Morgan fingerprint density at radius 1 is 0.400 bits per heavy atom. The van der Waals surface area contributed by atoms with Gasteiger partial charge in [-0.15, -0.1) is 0 Å². The predicted molar refractivity (Wildman–Crippen MR) is 123 cm³/mol. The molecule has 0 spiro atoms. The van der Waals surface area contributed by atoms with Crippen LogP contribution in [0.15, 0.2) is 121 Å². The number of hydrogen-bond donors (Lipinski definition) is 0. The average Bonchev–Trinajstić information content (AvgIpc) is 2.81. The molecular weight excluding hydrogens is 537 g/mol. The third kappa shape index (κ3) is 10.8. The fourth-order valence-electron chi connectivity index (χ4n) is 2.48. The van der Waals surface area contributed by atoms with Gasteiger partial charge in [0.2, 0.25) is 0 Å². The van der Waals surface area contributed by atoms with Crippen molar-refractivity contribution in [2.24, 2.45) is 0 Å². The fraction of sp³-hybridized carbons (Fsp3) is 0. The van der Waals surface area contributed by atoms with Gasteiger partial charge < -0.3 is 27.9 Å². The quantitative estimate of drug-likeness (QED) is 0.271. The van der Waals surface area contributed by atoms with E-state index in [2.05, 4.69) is 0 Å². The van der Waals surface area contributed by atoms with Crippen LogP contribution in [0.1, 0.15) is 0 Å². The van der Waals surface area contributed by atoms with Gasteiger partial charge in [-0.3, -0.25) is 0 Å². The van der Waals surface area contributed by atoms with Crippen molar-refractivity contribution >= 4 is 15.6 Å². The minimum atomic E-state index is -4.39. The zero-order chi connectivity index (χ0) is 24.3. The molecule has 4 aromatic rings. The second-order valence-corrected chi connectivity index (χ2v) is 9.03. The molecule has 0 aliphatic heterocycles. The molecule has 183 valence electrons. The standard InChI is InChI=1S/2C12H11O4P.Co/c2*13-17(14,15-11-7-3-1-4-8-11)16-12-9-5-2-6-10-12;/h2*1-10H,(H,13,14);/q;;+2/p-2. The molecular formula is C24H20CoO8P2. The Hall–Kier alpha value is -3.03. The average molecular weight is 557 g/mol. The summed E-state index contributed by atoms with van der Waals surface area (Å²) in [4.78, 5) is 23.1. The molecule has 0 unspecified atom stereocenters. The van der Waals surface area contributed by atoms with E-state index in [1.165, 1.54) is 0 Å². The van der Waals surface area contributed by atoms with E-state index in [0.717, 1.165) is 0 Å². The minimum absolute atomic E-state index is 0. The van der Waals surface area contributed by atoms with Gasteiger partial charge in [-0.05, 0) is 48.5 Å². The zero-order valence-corrected chi connectivity index (χ0v) is 20.9. The van der Waals surface area contributed by atoms with Gasteiger partial charge in [-0.25, -0.2) is 9.13 Å². The van der Waals surface area contributed by atoms with Crippen LogP contribution in [0.25, 0.3) is 0 Å². The molecule has 8 nitrogen and oxygen atoms in total. The Bertz CT molecular complexity index is 1040. The van der Waals surface area contributed by atoms with Gasteiger partial charge in [0.25, 0.3) is 0 Å². The largest absolute Gasteiger partial charge is 2.00 e. The molecule has 0 fully saturated rings. The molecule has 1 radical (unpaired) electrons. The molecule has 35 heavy (non-hydrogen) atoms. The van der Waals surface area contributed by atoms with Crippen LogP contribution in [0.5, 0.6) is 23.0 Å². The molecule has 0 saturated carbocycles. The van der Waals surface area contributed by atoms with Crippen LogP contribution in [-0.2, 0) is 25.9 Å². The Kier molecular flexibility index (Phi) is 11.1. The number of phosphoric ester groups is 2. The SMILES string of the molecule is O=P([O-])(Oc1ccccc1)Oc1ccccc1.O=P([O-])(Oc1ccccc1)Oc1ccccc1.[Co+2]. The predicted octanol–water partition coefficient (Wildman–Crippen LogP) is 5.22. The number of para-hydroxylation sites is 4. The summed E-state index contributed by atoms with van der Waals surface area (Å²) in [6, 6.07) is 32.8. The van der Waals surface area contributed by atoms with Crippen molar-refractivity contribution in [3.05, 3.63) is 121 Å². The topological polar surface area (TPSA) is 117 Å². The summed E-state index contributed by atoms with van der Waals surface area (Å²) in [5.41, 5.74) is 0. The summed E-state index contributed by atoms with van der Waals surface area (Å²) in [7, 11) is -8.77. The minimum Gasteiger partial charge on any atom is -0.736 e. The maximum atomic E-state index is 11.6. The van der Waals surface area contributed by atoms with Crippen LogP contribution in [0.2, 0.25) is 0 Å². The van der Waals surface area contributed by atoms with Crippen molar-refractivity contribution in [3.8, 4) is 23.0 Å². The second-order valence-electron chi connectivity index (χ2n) is 6.51. The summed E-state index contributed by atoms with van der Waals surface area (Å²) < 4.78 is 42.2. The first-order valence-corrected chi connectivity index (χ1v) is 12.8. The van der Waals surface area contributed by atoms with E-state index in [0.29, 0.717) is 0 Å². The Labute approximate surface area is 213 Å². The molecule has 0 N–H and O–H groups in total. The van der Waals surface area contributed by atoms with E-state index in [4.69, 9.17) is 18.1 Å². The molecule has 4 aromatic carbocycles. The van der Waals surface area contributed by atoms with Crippen molar-refractivity contribution < 1.29 is 53.8 Å². The maximum Gasteiger partial charge on any atom is 2.00 e. The molecule has 4 rings (SSSR count). The summed E-state index contributed by atoms with van der Waals surface area (Å²) in [6.07, 6.45) is 0. The molecule has 0 aliphatic rings. The van der Waals surface area contributed by atoms with Crippen molar-refractivity contribution in [1.29, 1.82) is 0 Å². The van der Waals surface area contributed by atoms with Crippen LogP contribution in [0.4, 0.5) is 0 Å². The second kappa shape index (κ2) is 13.8. The number of benzene rings is 4. The van der Waals surface area contributed by atoms with E-state index in [-0.39, 0.29) is 39.8 Å². The molecule has 0 aliphatic carbocycles. The molecule has 0 saturated heterocycles. The van der Waals surface area contributed by atoms with Gasteiger partial charge in [0.1, 0.15) is 23.0 Å². The molecule has 0 bridgehead atoms. The smallest absolute Gasteiger partial charge is 0.736 e. The van der Waals surface area contributed by atoms with Crippen LogP contribution in [-0.4, -0.2) is 0 Å². The first-order chi connectivity index (χ1) is 16.3. The number of hydrogen-bond acceptors (Lipinski definition) is 8. The van der Waals surface area contributed by atoms with Gasteiger partial charge in [-0.2, -0.15) is 0 Å². The number of phosphoric acid groups is 2. The summed E-state index contributed by atoms with van der Waals surface area (Å²) in [6.45, 7) is 0. The number of rotatable bonds is 8. The van der Waals surface area contributed by atoms with Crippen LogP contribution in [0.3, 0.4) is 0 Å². The van der Waals surface area contributed by atoms with E-state index in [9.17, 15) is 18.9 Å². The van der Waals surface area contributed by atoms with Crippen molar-refractivity contribution in [1.82, 2.24) is 0 Å². The molecule has 0 amide bonds. The van der Waals surface area contributed by atoms with Crippen LogP contribution in [0, 0.1) is 0 Å². The summed E-state index contributed by atoms with van der Waals surface area (Å²) >= 11 is 0. The van der Waals surface area contributed by atoms with Gasteiger partial charge in [0.15, 0.2) is 0 Å². The van der Waals surface area contributed by atoms with Gasteiger partial charge >= 0.3 is 32.4 Å². The fourth-order valence-corrected chi connectivity index (χ4v) is 4.07. The molecule has 0 heterocycles. The van der Waals surface area contributed by atoms with E-state index >= 15 is 0 Å². The molecule has 0 aromatic heterocycles. The maximum absolute atomic E-state index is 11.6. The van der Waals surface area contributed by atoms with Gasteiger partial charge in [-0.1, -0.05) is 72.8 Å². The van der Waals surface area contributed by atoms with Gasteiger partial charge in [0, 0.05) is 0 Å². The van der Waals surface area contributed by atoms with Gasteiger partial charge in [0.05, 0.1) is 0 Å². The van der Waals surface area contributed by atoms with Crippen LogP contribution >= 0.6 is 15.6 Å². The van der Waals surface area contributed by atoms with Crippen molar-refractivity contribution in [3.63, 3.8) is 0 Å². The Morgan fingerprint density at radius 3 is 0.743 bits per heavy atom. The summed E-state index contributed by atoms with van der Waals surface area (Å²) in [5.74, 6) is 0.895. The third-order valence-corrected chi connectivity index (χ3v) is 5.58. The van der Waals surface area contributed by atoms with Crippen LogP contribution < -0.4 is 27.9 Å². The molecule has 11 heteroatoms. The normalized spacial score (nSPS) is 10.6. The Balaban J connectivity index is 0.000000240. The first-order valence-electron chi connectivity index (χ1n) is 9.92. The monoisotopic (exact) mass is 557 g/mol. The Morgan fingerprint density at radius 2 is 0.571 bits per heavy atom. The first kappa shape index (κ1) is 28.2. The van der Waals surface area contributed by atoms with Crippen molar-refractivity contribution in [2.45, 2.75) is 0 Å². The summed E-state index contributed by atoms with van der Waals surface area (Å²) in [5, 5.41) is 0. The van der Waals surface area contributed by atoms with Crippen molar-refractivity contribution in [2.75, 3.05) is 0 Å². The third-order valence-electron chi connectivity index (χ3n) is 3.84. The van der Waals surface area contributed by atoms with E-state index in [1.807, 2.05) is 0 Å². The zero-order valence-electron chi connectivity index (χ0n) is 18.0. The van der Waals surface area contributed by atoms with E-state index in [1.54, 1.807) is 121 Å². The molecule has 0 atom stereocenters. The van der Waals surface area contributed by atoms with E-state index < -0.39 is 15.6 Å².